The zero-order valence-corrected chi connectivity index (χ0v) is 19.1. The third-order valence-corrected chi connectivity index (χ3v) is 5.44. The predicted octanol–water partition coefficient (Wildman–Crippen LogP) is 5.20. The second kappa shape index (κ2) is 10.2. The smallest absolute Gasteiger partial charge is 0.258 e. The van der Waals surface area contributed by atoms with Gasteiger partial charge < -0.3 is 14.6 Å². The van der Waals surface area contributed by atoms with E-state index in [1.165, 1.54) is 11.1 Å². The highest BCUT2D eigenvalue weighted by molar-refractivity contribution is 5.79. The number of carbonyl (C=O) groups excluding carboxylic acids is 1. The van der Waals surface area contributed by atoms with Crippen molar-refractivity contribution in [1.82, 2.24) is 15.5 Å². The van der Waals surface area contributed by atoms with Gasteiger partial charge in [0.25, 0.3) is 5.89 Å². The minimum atomic E-state index is -0.0112. The SMILES string of the molecule is CCNC(=O)Cc1cccc(-c2noc(-c3ccc(-c4ccccc4C)c(COC)c3)n2)c1. The van der Waals surface area contributed by atoms with Crippen molar-refractivity contribution in [2.45, 2.75) is 26.9 Å². The lowest BCUT2D eigenvalue weighted by Gasteiger charge is -2.12. The number of carbonyl (C=O) groups is 1. The number of rotatable bonds is 8. The molecule has 3 aromatic carbocycles. The maximum atomic E-state index is 11.9. The first-order valence-electron chi connectivity index (χ1n) is 11.0. The van der Waals surface area contributed by atoms with Crippen LogP contribution in [0.2, 0.25) is 0 Å². The van der Waals surface area contributed by atoms with Gasteiger partial charge in [0.1, 0.15) is 0 Å². The number of amides is 1. The third-order valence-electron chi connectivity index (χ3n) is 5.44. The molecule has 6 nitrogen and oxygen atoms in total. The minimum Gasteiger partial charge on any atom is -0.380 e. The average molecular weight is 442 g/mol. The highest BCUT2D eigenvalue weighted by atomic mass is 16.5. The Morgan fingerprint density at radius 1 is 1.00 bits per heavy atom. The number of hydrogen-bond donors (Lipinski definition) is 1. The van der Waals surface area contributed by atoms with Crippen molar-refractivity contribution < 1.29 is 14.1 Å². The van der Waals surface area contributed by atoms with Gasteiger partial charge in [-0.3, -0.25) is 4.79 Å². The number of nitrogens with one attached hydrogen (secondary N) is 1. The predicted molar refractivity (Wildman–Crippen MR) is 128 cm³/mol. The standard InChI is InChI=1S/C27H27N3O3/c1-4-28-25(31)15-19-9-7-10-20(14-19)26-29-27(33-30-26)21-12-13-24(22(16-21)17-32-3)23-11-6-5-8-18(23)2/h5-14,16H,4,15,17H2,1-3H3,(H,28,31). The molecule has 1 amide bonds. The molecule has 33 heavy (non-hydrogen) atoms. The molecule has 0 unspecified atom stereocenters. The summed E-state index contributed by atoms with van der Waals surface area (Å²) in [6.07, 6.45) is 0.313. The molecule has 0 aliphatic rings. The van der Waals surface area contributed by atoms with Crippen molar-refractivity contribution >= 4 is 5.91 Å². The van der Waals surface area contributed by atoms with Crippen LogP contribution in [0.1, 0.15) is 23.6 Å². The zero-order chi connectivity index (χ0) is 23.2. The number of hydrogen-bond acceptors (Lipinski definition) is 5. The summed E-state index contributed by atoms with van der Waals surface area (Å²) in [5.74, 6) is 0.912. The van der Waals surface area contributed by atoms with Gasteiger partial charge >= 0.3 is 0 Å². The number of nitrogens with zero attached hydrogens (tertiary/aromatic N) is 2. The van der Waals surface area contributed by atoms with Crippen molar-refractivity contribution in [2.75, 3.05) is 13.7 Å². The Hall–Kier alpha value is -3.77. The van der Waals surface area contributed by atoms with Crippen LogP contribution in [0, 0.1) is 6.92 Å². The molecule has 0 atom stereocenters. The zero-order valence-electron chi connectivity index (χ0n) is 19.1. The number of benzene rings is 3. The molecular weight excluding hydrogens is 414 g/mol. The number of likely N-dealkylation sites (N-methyl/N-ethyl adjacent to an activating group) is 1. The molecule has 168 valence electrons. The Balaban J connectivity index is 1.63. The van der Waals surface area contributed by atoms with E-state index in [1.54, 1.807) is 7.11 Å². The first-order valence-corrected chi connectivity index (χ1v) is 11.0. The van der Waals surface area contributed by atoms with Crippen LogP contribution < -0.4 is 5.32 Å². The molecule has 0 radical (unpaired) electrons. The molecular formula is C27H27N3O3. The van der Waals surface area contributed by atoms with E-state index in [-0.39, 0.29) is 5.91 Å². The lowest BCUT2D eigenvalue weighted by Crippen LogP contribution is -2.24. The lowest BCUT2D eigenvalue weighted by molar-refractivity contribution is -0.120. The van der Waals surface area contributed by atoms with Gasteiger partial charge in [-0.1, -0.05) is 53.7 Å². The van der Waals surface area contributed by atoms with E-state index in [1.807, 2.05) is 55.5 Å². The van der Waals surface area contributed by atoms with Gasteiger partial charge in [-0.15, -0.1) is 0 Å². The van der Waals surface area contributed by atoms with Crippen LogP contribution in [-0.2, 0) is 22.6 Å². The van der Waals surface area contributed by atoms with Crippen molar-refractivity contribution in [2.24, 2.45) is 0 Å². The Kier molecular flexibility index (Phi) is 6.95. The van der Waals surface area contributed by atoms with Gasteiger partial charge in [0, 0.05) is 24.8 Å². The molecule has 0 spiro atoms. The number of aromatic nitrogens is 2. The van der Waals surface area contributed by atoms with E-state index in [0.717, 1.165) is 27.8 Å². The van der Waals surface area contributed by atoms with E-state index in [0.29, 0.717) is 31.3 Å². The highest BCUT2D eigenvalue weighted by Crippen LogP contribution is 2.31. The van der Waals surface area contributed by atoms with E-state index in [2.05, 4.69) is 40.6 Å². The van der Waals surface area contributed by atoms with Crippen molar-refractivity contribution in [1.29, 1.82) is 0 Å². The van der Waals surface area contributed by atoms with Crippen LogP contribution in [-0.4, -0.2) is 29.7 Å². The van der Waals surface area contributed by atoms with E-state index < -0.39 is 0 Å². The van der Waals surface area contributed by atoms with Gasteiger partial charge in [0.2, 0.25) is 11.7 Å². The molecule has 0 aliphatic heterocycles. The normalized spacial score (nSPS) is 10.9. The maximum absolute atomic E-state index is 11.9. The van der Waals surface area contributed by atoms with Crippen molar-refractivity contribution in [3.63, 3.8) is 0 Å². The molecule has 1 N–H and O–H groups in total. The van der Waals surface area contributed by atoms with Crippen LogP contribution >= 0.6 is 0 Å². The first-order chi connectivity index (χ1) is 16.1. The van der Waals surface area contributed by atoms with Gasteiger partial charge in [-0.25, -0.2) is 0 Å². The summed E-state index contributed by atoms with van der Waals surface area (Å²) >= 11 is 0. The molecule has 0 fully saturated rings. The fourth-order valence-electron chi connectivity index (χ4n) is 3.86. The summed E-state index contributed by atoms with van der Waals surface area (Å²) in [4.78, 5) is 16.5. The van der Waals surface area contributed by atoms with Crippen molar-refractivity contribution in [3.05, 3.63) is 83.4 Å². The number of ether oxygens (including phenoxy) is 1. The van der Waals surface area contributed by atoms with Gasteiger partial charge in [0.15, 0.2) is 0 Å². The van der Waals surface area contributed by atoms with Crippen molar-refractivity contribution in [3.8, 4) is 34.0 Å². The second-order valence-corrected chi connectivity index (χ2v) is 7.87. The Morgan fingerprint density at radius 3 is 2.64 bits per heavy atom. The van der Waals surface area contributed by atoms with E-state index in [4.69, 9.17) is 9.26 Å². The third kappa shape index (κ3) is 5.18. The average Bonchev–Trinajstić information content (AvgIpc) is 3.31. The molecule has 6 heteroatoms. The van der Waals surface area contributed by atoms with Crippen LogP contribution in [0.25, 0.3) is 34.0 Å². The Morgan fingerprint density at radius 2 is 1.85 bits per heavy atom. The largest absolute Gasteiger partial charge is 0.380 e. The fourth-order valence-corrected chi connectivity index (χ4v) is 3.86. The first kappa shape index (κ1) is 22.4. The molecule has 1 aromatic heterocycles. The van der Waals surface area contributed by atoms with Gasteiger partial charge in [-0.05, 0) is 59.9 Å². The molecule has 0 saturated heterocycles. The number of methoxy groups -OCH3 is 1. The molecule has 1 heterocycles. The van der Waals surface area contributed by atoms with Gasteiger partial charge in [0.05, 0.1) is 13.0 Å². The summed E-state index contributed by atoms with van der Waals surface area (Å²) in [6.45, 7) is 5.09. The summed E-state index contributed by atoms with van der Waals surface area (Å²) in [6, 6.07) is 22.0. The Bertz CT molecular complexity index is 1260. The van der Waals surface area contributed by atoms with Crippen LogP contribution in [0.5, 0.6) is 0 Å². The summed E-state index contributed by atoms with van der Waals surface area (Å²) in [5.41, 5.74) is 7.08. The van der Waals surface area contributed by atoms with Crippen LogP contribution in [0.15, 0.2) is 71.3 Å². The highest BCUT2D eigenvalue weighted by Gasteiger charge is 2.15. The lowest BCUT2D eigenvalue weighted by atomic mass is 9.94. The molecule has 4 aromatic rings. The van der Waals surface area contributed by atoms with Gasteiger partial charge in [-0.2, -0.15) is 4.98 Å². The summed E-state index contributed by atoms with van der Waals surface area (Å²) < 4.78 is 11.0. The maximum Gasteiger partial charge on any atom is 0.258 e. The van der Waals surface area contributed by atoms with E-state index in [9.17, 15) is 4.79 Å². The molecule has 0 saturated carbocycles. The number of aryl methyl sites for hydroxylation is 1. The molecule has 0 aliphatic carbocycles. The van der Waals surface area contributed by atoms with Crippen LogP contribution in [0.4, 0.5) is 0 Å². The quantitative estimate of drug-likeness (QED) is 0.406. The minimum absolute atomic E-state index is 0.0112. The van der Waals surface area contributed by atoms with E-state index >= 15 is 0 Å². The van der Waals surface area contributed by atoms with Crippen LogP contribution in [0.3, 0.4) is 0 Å². The monoisotopic (exact) mass is 441 g/mol. The Labute approximate surface area is 193 Å². The summed E-state index contributed by atoms with van der Waals surface area (Å²) in [7, 11) is 1.69. The topological polar surface area (TPSA) is 77.2 Å². The molecule has 0 bridgehead atoms. The molecule has 4 rings (SSSR count). The second-order valence-electron chi connectivity index (χ2n) is 7.87. The summed E-state index contributed by atoms with van der Waals surface area (Å²) in [5, 5.41) is 6.99. The fraction of sp³-hybridized carbons (Fsp3) is 0.222.